The Labute approximate surface area is 104 Å². The van der Waals surface area contributed by atoms with Gasteiger partial charge in [0, 0.05) is 24.4 Å². The molecule has 1 aromatic carbocycles. The topological polar surface area (TPSA) is 76.4 Å². The van der Waals surface area contributed by atoms with Gasteiger partial charge in [-0.15, -0.1) is 10.2 Å². The zero-order valence-electron chi connectivity index (χ0n) is 9.61. The molecule has 0 aliphatic rings. The number of benzene rings is 1. The van der Waals surface area contributed by atoms with Crippen molar-refractivity contribution < 1.29 is 5.11 Å². The Kier molecular flexibility index (Phi) is 2.37. The van der Waals surface area contributed by atoms with E-state index in [1.54, 1.807) is 18.2 Å². The van der Waals surface area contributed by atoms with Crippen LogP contribution in [-0.2, 0) is 6.42 Å². The van der Waals surface area contributed by atoms with Crippen molar-refractivity contribution in [3.05, 3.63) is 54.0 Å². The smallest absolute Gasteiger partial charge is 0.162 e. The number of aromatic hydroxyl groups is 1. The normalized spacial score (nSPS) is 10.9. The lowest BCUT2D eigenvalue weighted by molar-refractivity contribution is 0.475. The number of nitrogen functional groups attached to an aromatic ring is 1. The molecule has 2 heterocycles. The number of hydrogen-bond donors (Lipinski definition) is 2. The number of aromatic nitrogens is 3. The molecule has 0 radical (unpaired) electrons. The standard InChI is InChI=1S/C13H12N4O/c14-10-5-6-17-12(15-16-13(17)8-10)7-9-1-3-11(18)4-2-9/h1-6,8,18H,7,14H2. The molecule has 0 fully saturated rings. The van der Waals surface area contributed by atoms with Gasteiger partial charge in [0.05, 0.1) is 0 Å². The van der Waals surface area contributed by atoms with Gasteiger partial charge in [0.25, 0.3) is 0 Å². The first-order valence-electron chi connectivity index (χ1n) is 5.59. The summed E-state index contributed by atoms with van der Waals surface area (Å²) in [6.45, 7) is 0. The van der Waals surface area contributed by atoms with Crippen LogP contribution in [0.1, 0.15) is 11.4 Å². The molecule has 3 N–H and O–H groups in total. The van der Waals surface area contributed by atoms with Crippen molar-refractivity contribution in [2.75, 3.05) is 5.73 Å². The van der Waals surface area contributed by atoms with E-state index >= 15 is 0 Å². The number of pyridine rings is 1. The van der Waals surface area contributed by atoms with Crippen molar-refractivity contribution in [2.45, 2.75) is 6.42 Å². The van der Waals surface area contributed by atoms with Crippen LogP contribution >= 0.6 is 0 Å². The van der Waals surface area contributed by atoms with Crippen molar-refractivity contribution >= 4 is 11.3 Å². The van der Waals surface area contributed by atoms with Crippen LogP contribution in [0.4, 0.5) is 5.69 Å². The summed E-state index contributed by atoms with van der Waals surface area (Å²) in [4.78, 5) is 0. The quantitative estimate of drug-likeness (QED) is 0.713. The molecular weight excluding hydrogens is 228 g/mol. The highest BCUT2D eigenvalue weighted by Gasteiger charge is 2.06. The summed E-state index contributed by atoms with van der Waals surface area (Å²) in [5.41, 5.74) is 8.17. The molecule has 0 unspecified atom stereocenters. The molecule has 0 aliphatic heterocycles. The van der Waals surface area contributed by atoms with E-state index in [2.05, 4.69) is 10.2 Å². The monoisotopic (exact) mass is 240 g/mol. The highest BCUT2D eigenvalue weighted by atomic mass is 16.3. The first-order valence-corrected chi connectivity index (χ1v) is 5.59. The van der Waals surface area contributed by atoms with E-state index in [1.165, 1.54) is 0 Å². The lowest BCUT2D eigenvalue weighted by Crippen LogP contribution is -1.96. The molecule has 2 aromatic heterocycles. The van der Waals surface area contributed by atoms with Crippen LogP contribution < -0.4 is 5.73 Å². The predicted molar refractivity (Wildman–Crippen MR) is 68.3 cm³/mol. The Morgan fingerprint density at radius 3 is 2.67 bits per heavy atom. The fourth-order valence-electron chi connectivity index (χ4n) is 1.87. The molecule has 3 aromatic rings. The minimum absolute atomic E-state index is 0.262. The molecule has 0 atom stereocenters. The first kappa shape index (κ1) is 10.6. The number of fused-ring (bicyclic) bond motifs is 1. The molecule has 90 valence electrons. The van der Waals surface area contributed by atoms with Gasteiger partial charge in [0.1, 0.15) is 11.6 Å². The number of nitrogens with zero attached hydrogens (tertiary/aromatic N) is 3. The minimum Gasteiger partial charge on any atom is -0.508 e. The third kappa shape index (κ3) is 1.86. The highest BCUT2D eigenvalue weighted by Crippen LogP contribution is 2.14. The van der Waals surface area contributed by atoms with Crippen LogP contribution in [0.25, 0.3) is 5.65 Å². The molecule has 0 saturated heterocycles. The molecule has 0 bridgehead atoms. The molecule has 5 nitrogen and oxygen atoms in total. The number of anilines is 1. The molecule has 18 heavy (non-hydrogen) atoms. The van der Waals surface area contributed by atoms with Gasteiger partial charge in [-0.25, -0.2) is 0 Å². The van der Waals surface area contributed by atoms with Crippen molar-refractivity contribution in [1.29, 1.82) is 0 Å². The fourth-order valence-corrected chi connectivity index (χ4v) is 1.87. The summed E-state index contributed by atoms with van der Waals surface area (Å²) < 4.78 is 1.91. The third-order valence-electron chi connectivity index (χ3n) is 2.80. The lowest BCUT2D eigenvalue weighted by Gasteiger charge is -2.01. The number of phenols is 1. The summed E-state index contributed by atoms with van der Waals surface area (Å²) in [5, 5.41) is 17.5. The van der Waals surface area contributed by atoms with Crippen LogP contribution in [-0.4, -0.2) is 19.7 Å². The average molecular weight is 240 g/mol. The molecule has 5 heteroatoms. The van der Waals surface area contributed by atoms with E-state index in [-0.39, 0.29) is 5.75 Å². The van der Waals surface area contributed by atoms with Gasteiger partial charge in [0.2, 0.25) is 0 Å². The maximum atomic E-state index is 9.24. The summed E-state index contributed by atoms with van der Waals surface area (Å²) in [5.74, 6) is 1.10. The second kappa shape index (κ2) is 4.03. The molecule has 3 rings (SSSR count). The Hall–Kier alpha value is -2.56. The largest absolute Gasteiger partial charge is 0.508 e. The van der Waals surface area contributed by atoms with Gasteiger partial charge in [-0.3, -0.25) is 4.40 Å². The second-order valence-electron chi connectivity index (χ2n) is 4.15. The van der Waals surface area contributed by atoms with E-state index in [9.17, 15) is 5.11 Å². The number of rotatable bonds is 2. The number of hydrogen-bond acceptors (Lipinski definition) is 4. The predicted octanol–water partition coefficient (Wildman–Crippen LogP) is 1.61. The van der Waals surface area contributed by atoms with Gasteiger partial charge in [0.15, 0.2) is 5.65 Å². The van der Waals surface area contributed by atoms with Crippen molar-refractivity contribution in [3.63, 3.8) is 0 Å². The Bertz CT molecular complexity index is 688. The molecule has 0 amide bonds. The van der Waals surface area contributed by atoms with E-state index in [1.807, 2.05) is 28.8 Å². The molecule has 0 aliphatic carbocycles. The molecular formula is C13H12N4O. The lowest BCUT2D eigenvalue weighted by atomic mass is 10.1. The number of phenolic OH excluding ortho intramolecular Hbond substituents is 1. The average Bonchev–Trinajstić information content (AvgIpc) is 2.74. The van der Waals surface area contributed by atoms with Crippen LogP contribution in [0.3, 0.4) is 0 Å². The summed E-state index contributed by atoms with van der Waals surface area (Å²) >= 11 is 0. The Balaban J connectivity index is 1.97. The second-order valence-corrected chi connectivity index (χ2v) is 4.15. The maximum absolute atomic E-state index is 9.24. The maximum Gasteiger partial charge on any atom is 0.162 e. The fraction of sp³-hybridized carbons (Fsp3) is 0.0769. The Morgan fingerprint density at radius 1 is 1.11 bits per heavy atom. The summed E-state index contributed by atoms with van der Waals surface area (Å²) in [6, 6.07) is 10.7. The van der Waals surface area contributed by atoms with Crippen molar-refractivity contribution in [1.82, 2.24) is 14.6 Å². The number of nitrogens with two attached hydrogens (primary N) is 1. The Morgan fingerprint density at radius 2 is 1.89 bits per heavy atom. The zero-order chi connectivity index (χ0) is 12.5. The third-order valence-corrected chi connectivity index (χ3v) is 2.80. The van der Waals surface area contributed by atoms with Crippen LogP contribution in [0.5, 0.6) is 5.75 Å². The van der Waals surface area contributed by atoms with E-state index in [4.69, 9.17) is 5.73 Å². The van der Waals surface area contributed by atoms with Gasteiger partial charge in [-0.05, 0) is 23.8 Å². The van der Waals surface area contributed by atoms with Crippen LogP contribution in [0, 0.1) is 0 Å². The first-order chi connectivity index (χ1) is 8.72. The minimum atomic E-state index is 0.262. The molecule has 0 saturated carbocycles. The van der Waals surface area contributed by atoms with E-state index < -0.39 is 0 Å². The van der Waals surface area contributed by atoms with Crippen LogP contribution in [0.2, 0.25) is 0 Å². The van der Waals surface area contributed by atoms with Gasteiger partial charge in [-0.2, -0.15) is 0 Å². The van der Waals surface area contributed by atoms with Gasteiger partial charge >= 0.3 is 0 Å². The van der Waals surface area contributed by atoms with E-state index in [0.29, 0.717) is 12.1 Å². The van der Waals surface area contributed by atoms with Gasteiger partial charge < -0.3 is 10.8 Å². The van der Waals surface area contributed by atoms with Crippen LogP contribution in [0.15, 0.2) is 42.6 Å². The molecule has 0 spiro atoms. The zero-order valence-corrected chi connectivity index (χ0v) is 9.61. The summed E-state index contributed by atoms with van der Waals surface area (Å²) in [6.07, 6.45) is 2.52. The van der Waals surface area contributed by atoms with Crippen molar-refractivity contribution in [2.24, 2.45) is 0 Å². The highest BCUT2D eigenvalue weighted by molar-refractivity contribution is 5.51. The summed E-state index contributed by atoms with van der Waals surface area (Å²) in [7, 11) is 0. The van der Waals surface area contributed by atoms with Crippen molar-refractivity contribution in [3.8, 4) is 5.75 Å². The SMILES string of the molecule is Nc1ccn2c(Cc3ccc(O)cc3)nnc2c1. The van der Waals surface area contributed by atoms with Gasteiger partial charge in [-0.1, -0.05) is 12.1 Å². The van der Waals surface area contributed by atoms with E-state index in [0.717, 1.165) is 17.0 Å².